The summed E-state index contributed by atoms with van der Waals surface area (Å²) < 4.78 is 0. The van der Waals surface area contributed by atoms with E-state index in [1.165, 1.54) is 0 Å². The lowest BCUT2D eigenvalue weighted by molar-refractivity contribution is -0.116. The lowest BCUT2D eigenvalue weighted by atomic mass is 10.1. The van der Waals surface area contributed by atoms with Gasteiger partial charge in [0.25, 0.3) is 0 Å². The molecule has 0 fully saturated rings. The molecular weight excluding hydrogens is 266 g/mol. The Kier molecular flexibility index (Phi) is 7.79. The number of nitrogens with one attached hydrogen (secondary N) is 1. The fraction of sp³-hybridized carbons (Fsp3) is 0.562. The van der Waals surface area contributed by atoms with E-state index in [4.69, 9.17) is 10.8 Å². The highest BCUT2D eigenvalue weighted by Gasteiger charge is 2.06. The highest BCUT2D eigenvalue weighted by atomic mass is 16.3. The van der Waals surface area contributed by atoms with Crippen molar-refractivity contribution in [3.8, 4) is 0 Å². The Morgan fingerprint density at radius 3 is 2.57 bits per heavy atom. The Morgan fingerprint density at radius 1 is 1.38 bits per heavy atom. The Labute approximate surface area is 127 Å². The standard InChI is InChI=1S/C16H27N3O2/c1-3-19(11-12-20)15-9-7-14(8-10-15)18-16(21)6-4-5-13(2)17/h7-10,13,20H,3-6,11-12,17H2,1-2H3,(H,18,21). The summed E-state index contributed by atoms with van der Waals surface area (Å²) in [7, 11) is 0. The molecule has 1 rings (SSSR count). The summed E-state index contributed by atoms with van der Waals surface area (Å²) in [5, 5.41) is 11.9. The number of anilines is 2. The van der Waals surface area contributed by atoms with Gasteiger partial charge in [-0.05, 0) is 51.0 Å². The number of carbonyl (C=O) groups excluding carboxylic acids is 1. The SMILES string of the molecule is CCN(CCO)c1ccc(NC(=O)CCCC(C)N)cc1. The molecule has 0 aliphatic rings. The van der Waals surface area contributed by atoms with Crippen LogP contribution in [0.15, 0.2) is 24.3 Å². The molecule has 4 N–H and O–H groups in total. The van der Waals surface area contributed by atoms with Crippen molar-refractivity contribution in [2.24, 2.45) is 5.73 Å². The first-order chi connectivity index (χ1) is 10.1. The maximum Gasteiger partial charge on any atom is 0.224 e. The van der Waals surface area contributed by atoms with Crippen LogP contribution in [0.2, 0.25) is 0 Å². The normalized spacial score (nSPS) is 12.0. The lowest BCUT2D eigenvalue weighted by Gasteiger charge is -2.22. The van der Waals surface area contributed by atoms with Crippen LogP contribution in [0, 0.1) is 0 Å². The predicted octanol–water partition coefficient (Wildman–Crippen LogP) is 1.96. The molecule has 0 aliphatic heterocycles. The van der Waals surface area contributed by atoms with Crippen molar-refractivity contribution in [1.82, 2.24) is 0 Å². The van der Waals surface area contributed by atoms with Gasteiger partial charge in [0.2, 0.25) is 5.91 Å². The average Bonchev–Trinajstić information content (AvgIpc) is 2.45. The second kappa shape index (κ2) is 9.37. The van der Waals surface area contributed by atoms with Gasteiger partial charge in [-0.1, -0.05) is 0 Å². The Morgan fingerprint density at radius 2 is 2.05 bits per heavy atom. The van der Waals surface area contributed by atoms with Gasteiger partial charge >= 0.3 is 0 Å². The molecule has 0 bridgehead atoms. The molecule has 1 atom stereocenters. The zero-order chi connectivity index (χ0) is 15.7. The lowest BCUT2D eigenvalue weighted by Crippen LogP contribution is -2.26. The molecule has 1 aromatic carbocycles. The molecule has 0 aliphatic carbocycles. The number of hydrogen-bond donors (Lipinski definition) is 3. The fourth-order valence-electron chi connectivity index (χ4n) is 2.15. The third-order valence-electron chi connectivity index (χ3n) is 3.33. The van der Waals surface area contributed by atoms with Crippen molar-refractivity contribution in [1.29, 1.82) is 0 Å². The number of carbonyl (C=O) groups is 1. The number of likely N-dealkylation sites (N-methyl/N-ethyl adjacent to an activating group) is 1. The smallest absolute Gasteiger partial charge is 0.224 e. The van der Waals surface area contributed by atoms with Crippen molar-refractivity contribution in [3.63, 3.8) is 0 Å². The van der Waals surface area contributed by atoms with Gasteiger partial charge in [0.1, 0.15) is 0 Å². The minimum absolute atomic E-state index is 0.0195. The molecule has 0 heterocycles. The minimum atomic E-state index is 0.0195. The Balaban J connectivity index is 2.48. The van der Waals surface area contributed by atoms with Gasteiger partial charge < -0.3 is 21.1 Å². The molecule has 1 amide bonds. The topological polar surface area (TPSA) is 78.6 Å². The van der Waals surface area contributed by atoms with E-state index in [1.807, 2.05) is 38.1 Å². The highest BCUT2D eigenvalue weighted by molar-refractivity contribution is 5.90. The van der Waals surface area contributed by atoms with E-state index >= 15 is 0 Å². The first kappa shape index (κ1) is 17.5. The van der Waals surface area contributed by atoms with Gasteiger partial charge in [-0.3, -0.25) is 4.79 Å². The molecule has 1 unspecified atom stereocenters. The molecular formula is C16H27N3O2. The summed E-state index contributed by atoms with van der Waals surface area (Å²) in [6, 6.07) is 7.83. The van der Waals surface area contributed by atoms with Crippen molar-refractivity contribution in [2.75, 3.05) is 29.9 Å². The number of aliphatic hydroxyl groups is 1. The first-order valence-corrected chi connectivity index (χ1v) is 7.58. The zero-order valence-electron chi connectivity index (χ0n) is 13.0. The van der Waals surface area contributed by atoms with Crippen LogP contribution in [0.3, 0.4) is 0 Å². The number of rotatable bonds is 9. The van der Waals surface area contributed by atoms with E-state index in [-0.39, 0.29) is 18.6 Å². The van der Waals surface area contributed by atoms with Crippen molar-refractivity contribution < 1.29 is 9.90 Å². The van der Waals surface area contributed by atoms with Crippen LogP contribution in [0.5, 0.6) is 0 Å². The summed E-state index contributed by atoms with van der Waals surface area (Å²) in [6.45, 7) is 5.57. The van der Waals surface area contributed by atoms with Crippen molar-refractivity contribution in [3.05, 3.63) is 24.3 Å². The van der Waals surface area contributed by atoms with Crippen LogP contribution in [-0.2, 0) is 4.79 Å². The third kappa shape index (κ3) is 6.60. The Hall–Kier alpha value is -1.59. The molecule has 21 heavy (non-hydrogen) atoms. The van der Waals surface area contributed by atoms with Crippen molar-refractivity contribution >= 4 is 17.3 Å². The number of benzene rings is 1. The minimum Gasteiger partial charge on any atom is -0.395 e. The number of nitrogens with two attached hydrogens (primary N) is 1. The number of aliphatic hydroxyl groups excluding tert-OH is 1. The van der Waals surface area contributed by atoms with Crippen LogP contribution in [0.25, 0.3) is 0 Å². The number of amides is 1. The molecule has 118 valence electrons. The second-order valence-electron chi connectivity index (χ2n) is 5.27. The summed E-state index contributed by atoms with van der Waals surface area (Å²) in [5.41, 5.74) is 7.50. The third-order valence-corrected chi connectivity index (χ3v) is 3.33. The summed E-state index contributed by atoms with van der Waals surface area (Å²) in [5.74, 6) is 0.0195. The van der Waals surface area contributed by atoms with Crippen molar-refractivity contribution in [2.45, 2.75) is 39.2 Å². The van der Waals surface area contributed by atoms with Crippen LogP contribution < -0.4 is 16.0 Å². The summed E-state index contributed by atoms with van der Waals surface area (Å²) in [4.78, 5) is 13.9. The van der Waals surface area contributed by atoms with E-state index in [1.54, 1.807) is 0 Å². The maximum absolute atomic E-state index is 11.8. The van der Waals surface area contributed by atoms with Gasteiger partial charge in [0.15, 0.2) is 0 Å². The van der Waals surface area contributed by atoms with Gasteiger partial charge in [0.05, 0.1) is 6.61 Å². The predicted molar refractivity (Wildman–Crippen MR) is 87.5 cm³/mol. The van der Waals surface area contributed by atoms with E-state index in [0.717, 1.165) is 30.8 Å². The monoisotopic (exact) mass is 293 g/mol. The molecule has 1 aromatic rings. The molecule has 5 nitrogen and oxygen atoms in total. The largest absolute Gasteiger partial charge is 0.395 e. The summed E-state index contributed by atoms with van der Waals surface area (Å²) in [6.07, 6.45) is 2.16. The van der Waals surface area contributed by atoms with Crippen LogP contribution >= 0.6 is 0 Å². The first-order valence-electron chi connectivity index (χ1n) is 7.58. The number of hydrogen-bond acceptors (Lipinski definition) is 4. The number of nitrogens with zero attached hydrogens (tertiary/aromatic N) is 1. The van der Waals surface area contributed by atoms with Crippen LogP contribution in [0.4, 0.5) is 11.4 Å². The van der Waals surface area contributed by atoms with E-state index < -0.39 is 0 Å². The molecule has 0 radical (unpaired) electrons. The molecule has 0 saturated carbocycles. The zero-order valence-corrected chi connectivity index (χ0v) is 13.0. The van der Waals surface area contributed by atoms with Crippen LogP contribution in [0.1, 0.15) is 33.1 Å². The second-order valence-corrected chi connectivity index (χ2v) is 5.27. The molecule has 0 spiro atoms. The van der Waals surface area contributed by atoms with Gasteiger partial charge in [-0.15, -0.1) is 0 Å². The van der Waals surface area contributed by atoms with Gasteiger partial charge in [-0.2, -0.15) is 0 Å². The van der Waals surface area contributed by atoms with E-state index in [9.17, 15) is 4.79 Å². The fourth-order valence-corrected chi connectivity index (χ4v) is 2.15. The van der Waals surface area contributed by atoms with Gasteiger partial charge in [0, 0.05) is 36.9 Å². The summed E-state index contributed by atoms with van der Waals surface area (Å²) >= 11 is 0. The maximum atomic E-state index is 11.8. The van der Waals surface area contributed by atoms with E-state index in [2.05, 4.69) is 10.2 Å². The van der Waals surface area contributed by atoms with Gasteiger partial charge in [-0.25, -0.2) is 0 Å². The molecule has 0 saturated heterocycles. The Bertz CT molecular complexity index is 418. The quantitative estimate of drug-likeness (QED) is 0.650. The van der Waals surface area contributed by atoms with E-state index in [0.29, 0.717) is 13.0 Å². The molecule has 0 aromatic heterocycles. The average molecular weight is 293 g/mol. The molecule has 5 heteroatoms. The van der Waals surface area contributed by atoms with Crippen LogP contribution in [-0.4, -0.2) is 36.8 Å². The highest BCUT2D eigenvalue weighted by Crippen LogP contribution is 2.18.